The lowest BCUT2D eigenvalue weighted by Crippen LogP contribution is -2.12. The van der Waals surface area contributed by atoms with Crippen LogP contribution in [-0.4, -0.2) is 25.3 Å². The Balaban J connectivity index is 1.77. The van der Waals surface area contributed by atoms with E-state index in [4.69, 9.17) is 11.6 Å². The molecule has 0 fully saturated rings. The van der Waals surface area contributed by atoms with Crippen molar-refractivity contribution in [2.45, 2.75) is 12.6 Å². The summed E-state index contributed by atoms with van der Waals surface area (Å²) in [7, 11) is 0. The molecule has 0 aliphatic carbocycles. The van der Waals surface area contributed by atoms with Gasteiger partial charge < -0.3 is 5.11 Å². The number of tetrazole rings is 1. The highest BCUT2D eigenvalue weighted by atomic mass is 35.5. The van der Waals surface area contributed by atoms with Crippen LogP contribution in [0.15, 0.2) is 54.6 Å². The van der Waals surface area contributed by atoms with E-state index in [2.05, 4.69) is 15.4 Å². The number of hydrogen-bond acceptors (Lipinski definition) is 4. The van der Waals surface area contributed by atoms with Crippen LogP contribution in [0.4, 0.5) is 0 Å². The summed E-state index contributed by atoms with van der Waals surface area (Å²) in [6.45, 7) is 0.198. The van der Waals surface area contributed by atoms with Crippen molar-refractivity contribution in [1.29, 1.82) is 0 Å². The van der Waals surface area contributed by atoms with Crippen LogP contribution in [0.5, 0.6) is 0 Å². The van der Waals surface area contributed by atoms with E-state index in [1.165, 1.54) is 4.80 Å². The highest BCUT2D eigenvalue weighted by Crippen LogP contribution is 2.23. The molecule has 0 amide bonds. The number of benzene rings is 2. The van der Waals surface area contributed by atoms with E-state index < -0.39 is 6.10 Å². The van der Waals surface area contributed by atoms with E-state index in [0.29, 0.717) is 16.4 Å². The molecular formula is C15H13ClN4O. The second-order valence-corrected chi connectivity index (χ2v) is 4.98. The van der Waals surface area contributed by atoms with E-state index in [9.17, 15) is 5.11 Å². The zero-order valence-electron chi connectivity index (χ0n) is 11.1. The summed E-state index contributed by atoms with van der Waals surface area (Å²) in [6, 6.07) is 16.7. The molecule has 5 nitrogen and oxygen atoms in total. The first-order chi connectivity index (χ1) is 10.2. The van der Waals surface area contributed by atoms with Gasteiger partial charge in [0, 0.05) is 16.1 Å². The van der Waals surface area contributed by atoms with Gasteiger partial charge in [0.1, 0.15) is 6.10 Å². The van der Waals surface area contributed by atoms with Gasteiger partial charge in [-0.1, -0.05) is 60.1 Å². The van der Waals surface area contributed by atoms with E-state index in [0.717, 1.165) is 5.56 Å². The molecule has 2 aromatic carbocycles. The molecule has 3 rings (SSSR count). The van der Waals surface area contributed by atoms with Gasteiger partial charge >= 0.3 is 0 Å². The van der Waals surface area contributed by atoms with Crippen LogP contribution in [0, 0.1) is 0 Å². The van der Waals surface area contributed by atoms with Gasteiger partial charge in [-0.15, -0.1) is 10.2 Å². The summed E-state index contributed by atoms with van der Waals surface area (Å²) in [5, 5.41) is 23.0. The van der Waals surface area contributed by atoms with Crippen molar-refractivity contribution in [3.05, 3.63) is 65.2 Å². The van der Waals surface area contributed by atoms with Gasteiger partial charge in [-0.2, -0.15) is 4.80 Å². The molecule has 0 saturated heterocycles. The average molecular weight is 301 g/mol. The summed E-state index contributed by atoms with van der Waals surface area (Å²) >= 11 is 6.06. The molecule has 1 N–H and O–H groups in total. The van der Waals surface area contributed by atoms with Gasteiger partial charge in [0.25, 0.3) is 0 Å². The Bertz CT molecular complexity index is 729. The molecule has 1 atom stereocenters. The molecule has 0 aliphatic heterocycles. The van der Waals surface area contributed by atoms with E-state index in [1.54, 1.807) is 12.1 Å². The highest BCUT2D eigenvalue weighted by molar-refractivity contribution is 6.31. The number of hydrogen-bond donors (Lipinski definition) is 1. The van der Waals surface area contributed by atoms with Gasteiger partial charge in [0.15, 0.2) is 0 Å². The van der Waals surface area contributed by atoms with Gasteiger partial charge in [0.05, 0.1) is 6.54 Å². The predicted molar refractivity (Wildman–Crippen MR) is 79.7 cm³/mol. The predicted octanol–water partition coefficient (Wildman–Crippen LogP) is 2.73. The Labute approximate surface area is 126 Å². The lowest BCUT2D eigenvalue weighted by Gasteiger charge is -2.11. The number of aliphatic hydroxyl groups excluding tert-OH is 1. The standard InChI is InChI=1S/C15H13ClN4O/c16-13-9-5-4-8-12(13)14(21)10-20-18-15(17-19-20)11-6-2-1-3-7-11/h1-9,14,21H,10H2. The fourth-order valence-electron chi connectivity index (χ4n) is 2.02. The molecule has 21 heavy (non-hydrogen) atoms. The van der Waals surface area contributed by atoms with Crippen molar-refractivity contribution in [2.24, 2.45) is 0 Å². The van der Waals surface area contributed by atoms with Crippen LogP contribution in [0.25, 0.3) is 11.4 Å². The summed E-state index contributed by atoms with van der Waals surface area (Å²) in [4.78, 5) is 1.37. The molecule has 0 bridgehead atoms. The number of aliphatic hydroxyl groups is 1. The molecule has 0 saturated carbocycles. The van der Waals surface area contributed by atoms with E-state index >= 15 is 0 Å². The number of aromatic nitrogens is 4. The van der Waals surface area contributed by atoms with Crippen molar-refractivity contribution in [3.8, 4) is 11.4 Å². The molecule has 1 heterocycles. The maximum Gasteiger partial charge on any atom is 0.204 e. The Kier molecular flexibility index (Phi) is 3.94. The lowest BCUT2D eigenvalue weighted by molar-refractivity contribution is 0.144. The lowest BCUT2D eigenvalue weighted by atomic mass is 10.1. The van der Waals surface area contributed by atoms with Crippen LogP contribution >= 0.6 is 11.6 Å². The first-order valence-electron chi connectivity index (χ1n) is 6.50. The summed E-state index contributed by atoms with van der Waals surface area (Å²) in [5.41, 5.74) is 1.54. The molecule has 6 heteroatoms. The average Bonchev–Trinajstić information content (AvgIpc) is 2.97. The fourth-order valence-corrected chi connectivity index (χ4v) is 2.28. The van der Waals surface area contributed by atoms with Gasteiger partial charge in [-0.05, 0) is 11.3 Å². The van der Waals surface area contributed by atoms with Crippen molar-refractivity contribution in [3.63, 3.8) is 0 Å². The fraction of sp³-hybridized carbons (Fsp3) is 0.133. The smallest absolute Gasteiger partial charge is 0.204 e. The first kappa shape index (κ1) is 13.7. The molecule has 106 valence electrons. The minimum Gasteiger partial charge on any atom is -0.386 e. The van der Waals surface area contributed by atoms with Crippen LogP contribution in [-0.2, 0) is 6.54 Å². The minimum atomic E-state index is -0.781. The zero-order valence-corrected chi connectivity index (χ0v) is 11.9. The van der Waals surface area contributed by atoms with Crippen molar-refractivity contribution >= 4 is 11.6 Å². The minimum absolute atomic E-state index is 0.198. The molecule has 0 radical (unpaired) electrons. The molecule has 0 aliphatic rings. The van der Waals surface area contributed by atoms with Gasteiger partial charge in [0.2, 0.25) is 5.82 Å². The van der Waals surface area contributed by atoms with Crippen LogP contribution in [0.1, 0.15) is 11.7 Å². The monoisotopic (exact) mass is 300 g/mol. The molecule has 1 aromatic heterocycles. The van der Waals surface area contributed by atoms with Crippen molar-refractivity contribution in [2.75, 3.05) is 0 Å². The number of halogens is 1. The number of nitrogens with zero attached hydrogens (tertiary/aromatic N) is 4. The summed E-state index contributed by atoms with van der Waals surface area (Å²) in [6.07, 6.45) is -0.781. The topological polar surface area (TPSA) is 63.8 Å². The van der Waals surface area contributed by atoms with E-state index in [1.807, 2.05) is 42.5 Å². The molecular weight excluding hydrogens is 288 g/mol. The zero-order chi connectivity index (χ0) is 14.7. The van der Waals surface area contributed by atoms with Crippen LogP contribution in [0.3, 0.4) is 0 Å². The number of rotatable bonds is 4. The largest absolute Gasteiger partial charge is 0.386 e. The second-order valence-electron chi connectivity index (χ2n) is 4.57. The third-order valence-electron chi connectivity index (χ3n) is 3.09. The Hall–Kier alpha value is -2.24. The third kappa shape index (κ3) is 3.09. The van der Waals surface area contributed by atoms with Gasteiger partial charge in [-0.25, -0.2) is 0 Å². The second kappa shape index (κ2) is 6.03. The summed E-state index contributed by atoms with van der Waals surface area (Å²) in [5.74, 6) is 0.530. The van der Waals surface area contributed by atoms with E-state index in [-0.39, 0.29) is 6.54 Å². The Morgan fingerprint density at radius 3 is 2.52 bits per heavy atom. The molecule has 3 aromatic rings. The summed E-state index contributed by atoms with van der Waals surface area (Å²) < 4.78 is 0. The quantitative estimate of drug-likeness (QED) is 0.804. The third-order valence-corrected chi connectivity index (χ3v) is 3.43. The van der Waals surface area contributed by atoms with Crippen molar-refractivity contribution < 1.29 is 5.11 Å². The molecule has 1 unspecified atom stereocenters. The van der Waals surface area contributed by atoms with Crippen LogP contribution in [0.2, 0.25) is 5.02 Å². The van der Waals surface area contributed by atoms with Crippen LogP contribution < -0.4 is 0 Å². The molecule has 0 spiro atoms. The highest BCUT2D eigenvalue weighted by Gasteiger charge is 2.14. The Morgan fingerprint density at radius 2 is 1.76 bits per heavy atom. The Morgan fingerprint density at radius 1 is 1.05 bits per heavy atom. The first-order valence-corrected chi connectivity index (χ1v) is 6.87. The normalized spacial score (nSPS) is 12.3. The van der Waals surface area contributed by atoms with Gasteiger partial charge in [-0.3, -0.25) is 0 Å². The van der Waals surface area contributed by atoms with Crippen molar-refractivity contribution in [1.82, 2.24) is 20.2 Å². The maximum atomic E-state index is 10.2. The SMILES string of the molecule is OC(Cn1nnc(-c2ccccc2)n1)c1ccccc1Cl. The maximum absolute atomic E-state index is 10.2.